The van der Waals surface area contributed by atoms with E-state index in [4.69, 9.17) is 4.74 Å². The van der Waals surface area contributed by atoms with Gasteiger partial charge in [-0.1, -0.05) is 42.9 Å². The van der Waals surface area contributed by atoms with Crippen LogP contribution in [0.1, 0.15) is 50.3 Å². The van der Waals surface area contributed by atoms with E-state index in [1.165, 1.54) is 24.0 Å². The van der Waals surface area contributed by atoms with Crippen LogP contribution in [-0.4, -0.2) is 6.61 Å². The topological polar surface area (TPSA) is 9.23 Å². The van der Waals surface area contributed by atoms with E-state index >= 15 is 0 Å². The van der Waals surface area contributed by atoms with Crippen molar-refractivity contribution in [3.63, 3.8) is 0 Å². The minimum atomic E-state index is 0.609. The first-order chi connectivity index (χ1) is 11.7. The number of unbranched alkanes of at least 4 members (excludes halogenated alkanes) is 1. The summed E-state index contributed by atoms with van der Waals surface area (Å²) in [6.07, 6.45) is 5.69. The smallest absolute Gasteiger partial charge is 0.119 e. The Labute approximate surface area is 146 Å². The summed E-state index contributed by atoms with van der Waals surface area (Å²) >= 11 is 0. The third kappa shape index (κ3) is 6.34. The van der Waals surface area contributed by atoms with Crippen LogP contribution in [-0.2, 0) is 6.42 Å². The molecule has 0 radical (unpaired) electrons. The Bertz CT molecular complexity index is 705. The van der Waals surface area contributed by atoms with Crippen LogP contribution in [0.15, 0.2) is 60.2 Å². The maximum Gasteiger partial charge on any atom is 0.119 e. The Morgan fingerprint density at radius 1 is 0.917 bits per heavy atom. The Morgan fingerprint density at radius 2 is 1.50 bits per heavy atom. The zero-order chi connectivity index (χ0) is 17.2. The summed E-state index contributed by atoms with van der Waals surface area (Å²) in [7, 11) is 0. The number of rotatable bonds is 6. The lowest BCUT2D eigenvalue weighted by atomic mass is 10.1. The number of ether oxygens (including phenoxy) is 1. The molecule has 0 spiro atoms. The summed E-state index contributed by atoms with van der Waals surface area (Å²) in [6, 6.07) is 16.5. The van der Waals surface area contributed by atoms with Crippen molar-refractivity contribution in [1.82, 2.24) is 0 Å². The van der Waals surface area contributed by atoms with Crippen molar-refractivity contribution in [2.45, 2.75) is 40.0 Å². The molecule has 0 fully saturated rings. The van der Waals surface area contributed by atoms with E-state index in [0.717, 1.165) is 23.3 Å². The van der Waals surface area contributed by atoms with E-state index in [2.05, 4.69) is 63.0 Å². The number of benzene rings is 2. The minimum Gasteiger partial charge on any atom is -0.490 e. The van der Waals surface area contributed by atoms with Crippen molar-refractivity contribution in [3.05, 3.63) is 76.9 Å². The van der Waals surface area contributed by atoms with Crippen molar-refractivity contribution in [2.24, 2.45) is 0 Å². The highest BCUT2D eigenvalue weighted by atomic mass is 16.5. The van der Waals surface area contributed by atoms with Gasteiger partial charge in [0.2, 0.25) is 0 Å². The van der Waals surface area contributed by atoms with Gasteiger partial charge in [-0.3, -0.25) is 0 Å². The average Bonchev–Trinajstić information content (AvgIpc) is 2.60. The standard InChI is InChI=1S/C23H26O/c1-4-5-6-20-7-9-21(10-8-20)11-12-22-13-15-23(16-14-22)24-18-17-19(2)3/h7-10,13-17H,4-6,18H2,1-3H3. The summed E-state index contributed by atoms with van der Waals surface area (Å²) in [5.41, 5.74) is 4.71. The lowest BCUT2D eigenvalue weighted by molar-refractivity contribution is 0.362. The molecule has 0 aromatic heterocycles. The Balaban J connectivity index is 1.94. The van der Waals surface area contributed by atoms with Gasteiger partial charge in [0.1, 0.15) is 12.4 Å². The van der Waals surface area contributed by atoms with Gasteiger partial charge in [0, 0.05) is 11.1 Å². The monoisotopic (exact) mass is 318 g/mol. The summed E-state index contributed by atoms with van der Waals surface area (Å²) in [5.74, 6) is 7.30. The quantitative estimate of drug-likeness (QED) is 0.485. The van der Waals surface area contributed by atoms with E-state index in [9.17, 15) is 0 Å². The van der Waals surface area contributed by atoms with Gasteiger partial charge in [-0.05, 0) is 74.7 Å². The summed E-state index contributed by atoms with van der Waals surface area (Å²) in [6.45, 7) is 6.96. The molecule has 0 heterocycles. The molecule has 24 heavy (non-hydrogen) atoms. The summed E-state index contributed by atoms with van der Waals surface area (Å²) < 4.78 is 5.66. The molecule has 2 aromatic rings. The molecular weight excluding hydrogens is 292 g/mol. The van der Waals surface area contributed by atoms with E-state index in [1.54, 1.807) is 0 Å². The van der Waals surface area contributed by atoms with Crippen molar-refractivity contribution in [3.8, 4) is 17.6 Å². The minimum absolute atomic E-state index is 0.609. The first kappa shape index (κ1) is 17.9. The number of allylic oxidation sites excluding steroid dienone is 1. The number of aryl methyl sites for hydroxylation is 1. The fourth-order valence-corrected chi connectivity index (χ4v) is 2.22. The lowest BCUT2D eigenvalue weighted by Gasteiger charge is -2.03. The molecule has 2 rings (SSSR count). The predicted octanol–water partition coefficient (Wildman–Crippen LogP) is 5.77. The summed E-state index contributed by atoms with van der Waals surface area (Å²) in [4.78, 5) is 0. The Hall–Kier alpha value is -2.46. The maximum atomic E-state index is 5.66. The second-order valence-electron chi connectivity index (χ2n) is 6.17. The van der Waals surface area contributed by atoms with Crippen LogP contribution >= 0.6 is 0 Å². The van der Waals surface area contributed by atoms with Gasteiger partial charge in [0.25, 0.3) is 0 Å². The molecule has 124 valence electrons. The maximum absolute atomic E-state index is 5.66. The Kier molecular flexibility index (Phi) is 7.18. The largest absolute Gasteiger partial charge is 0.490 e. The van der Waals surface area contributed by atoms with Gasteiger partial charge in [-0.2, -0.15) is 0 Å². The fourth-order valence-electron chi connectivity index (χ4n) is 2.22. The number of hydrogen-bond donors (Lipinski definition) is 0. The predicted molar refractivity (Wildman–Crippen MR) is 102 cm³/mol. The van der Waals surface area contributed by atoms with E-state index < -0.39 is 0 Å². The molecule has 0 aliphatic rings. The van der Waals surface area contributed by atoms with Crippen molar-refractivity contribution in [1.29, 1.82) is 0 Å². The van der Waals surface area contributed by atoms with Crippen LogP contribution in [0.3, 0.4) is 0 Å². The highest BCUT2D eigenvalue weighted by Gasteiger charge is 1.94. The normalized spacial score (nSPS) is 9.79. The van der Waals surface area contributed by atoms with Crippen molar-refractivity contribution < 1.29 is 4.74 Å². The molecule has 1 nitrogen and oxygen atoms in total. The molecule has 0 aliphatic heterocycles. The second kappa shape index (κ2) is 9.63. The molecule has 0 saturated heterocycles. The van der Waals surface area contributed by atoms with Gasteiger partial charge in [-0.15, -0.1) is 0 Å². The van der Waals surface area contributed by atoms with Crippen LogP contribution in [0.4, 0.5) is 0 Å². The summed E-state index contributed by atoms with van der Waals surface area (Å²) in [5, 5.41) is 0. The van der Waals surface area contributed by atoms with E-state index in [0.29, 0.717) is 6.61 Å². The second-order valence-corrected chi connectivity index (χ2v) is 6.17. The molecule has 0 bridgehead atoms. The molecule has 2 aromatic carbocycles. The molecule has 1 heteroatoms. The molecule has 0 N–H and O–H groups in total. The van der Waals surface area contributed by atoms with Gasteiger partial charge >= 0.3 is 0 Å². The van der Waals surface area contributed by atoms with Crippen LogP contribution in [0.5, 0.6) is 5.75 Å². The van der Waals surface area contributed by atoms with E-state index in [1.807, 2.05) is 24.3 Å². The highest BCUT2D eigenvalue weighted by molar-refractivity contribution is 5.44. The van der Waals surface area contributed by atoms with E-state index in [-0.39, 0.29) is 0 Å². The zero-order valence-electron chi connectivity index (χ0n) is 14.9. The SMILES string of the molecule is CCCCc1ccc(C#Cc2ccc(OCC=C(C)C)cc2)cc1. The molecule has 0 saturated carbocycles. The molecular formula is C23H26O. The first-order valence-corrected chi connectivity index (χ1v) is 8.64. The average molecular weight is 318 g/mol. The third-order valence-corrected chi connectivity index (χ3v) is 3.72. The van der Waals surface area contributed by atoms with Crippen LogP contribution in [0, 0.1) is 11.8 Å². The molecule has 0 aliphatic carbocycles. The lowest BCUT2D eigenvalue weighted by Crippen LogP contribution is -1.93. The number of hydrogen-bond acceptors (Lipinski definition) is 1. The Morgan fingerprint density at radius 3 is 2.04 bits per heavy atom. The van der Waals surface area contributed by atoms with Crippen molar-refractivity contribution >= 4 is 0 Å². The van der Waals surface area contributed by atoms with Gasteiger partial charge in [0.15, 0.2) is 0 Å². The zero-order valence-corrected chi connectivity index (χ0v) is 14.9. The van der Waals surface area contributed by atoms with Gasteiger partial charge < -0.3 is 4.74 Å². The first-order valence-electron chi connectivity index (χ1n) is 8.64. The third-order valence-electron chi connectivity index (χ3n) is 3.72. The molecule has 0 amide bonds. The highest BCUT2D eigenvalue weighted by Crippen LogP contribution is 2.12. The van der Waals surface area contributed by atoms with Gasteiger partial charge in [-0.25, -0.2) is 0 Å². The molecule has 0 atom stereocenters. The van der Waals surface area contributed by atoms with Crippen LogP contribution in [0.25, 0.3) is 0 Å². The fraction of sp³-hybridized carbons (Fsp3) is 0.304. The van der Waals surface area contributed by atoms with Crippen LogP contribution in [0.2, 0.25) is 0 Å². The molecule has 0 unspecified atom stereocenters. The van der Waals surface area contributed by atoms with Crippen molar-refractivity contribution in [2.75, 3.05) is 6.61 Å². The van der Waals surface area contributed by atoms with Gasteiger partial charge in [0.05, 0.1) is 0 Å². The van der Waals surface area contributed by atoms with Crippen LogP contribution < -0.4 is 4.74 Å².